The molecule has 1 rings (SSSR count). The quantitative estimate of drug-likeness (QED) is 0.671. The molecule has 1 aromatic carbocycles. The third-order valence-electron chi connectivity index (χ3n) is 1.87. The highest BCUT2D eigenvalue weighted by atomic mass is 16.1. The molecule has 0 saturated carbocycles. The summed E-state index contributed by atoms with van der Waals surface area (Å²) in [4.78, 5) is 10.8. The highest BCUT2D eigenvalue weighted by Gasteiger charge is 1.97. The number of hydrogen-bond acceptors (Lipinski definition) is 1. The molecule has 0 aliphatic carbocycles. The fraction of sp³-hybridized carbons (Fsp3) is 0.182. The summed E-state index contributed by atoms with van der Waals surface area (Å²) in [6.07, 6.45) is 0. The predicted molar refractivity (Wildman–Crippen MR) is 55.8 cm³/mol. The average molecular weight is 175 g/mol. The van der Waals surface area contributed by atoms with E-state index in [0.29, 0.717) is 0 Å². The van der Waals surface area contributed by atoms with Gasteiger partial charge in [-0.1, -0.05) is 13.2 Å². The smallest absolute Gasteiger partial charge is 0.221 e. The predicted octanol–water partition coefficient (Wildman–Crippen LogP) is 0.774. The van der Waals surface area contributed by atoms with E-state index >= 15 is 0 Å². The Balaban J connectivity index is 3.24. The molecular weight excluding hydrogens is 162 g/mol. The second-order valence-electron chi connectivity index (χ2n) is 3.12. The van der Waals surface area contributed by atoms with Gasteiger partial charge < -0.3 is 5.32 Å². The van der Waals surface area contributed by atoms with E-state index in [4.69, 9.17) is 0 Å². The minimum absolute atomic E-state index is 0.0897. The molecule has 13 heavy (non-hydrogen) atoms. The molecule has 0 aliphatic rings. The van der Waals surface area contributed by atoms with Crippen molar-refractivity contribution in [3.8, 4) is 0 Å². The van der Waals surface area contributed by atoms with E-state index < -0.39 is 0 Å². The van der Waals surface area contributed by atoms with Gasteiger partial charge in [-0.3, -0.25) is 4.79 Å². The summed E-state index contributed by atoms with van der Waals surface area (Å²) in [6, 6.07) is 3.74. The number of hydrogen-bond donors (Lipinski definition) is 1. The van der Waals surface area contributed by atoms with Gasteiger partial charge in [-0.15, -0.1) is 0 Å². The first kappa shape index (κ1) is 9.52. The van der Waals surface area contributed by atoms with Gasteiger partial charge >= 0.3 is 0 Å². The number of amides is 1. The van der Waals surface area contributed by atoms with Gasteiger partial charge in [-0.05, 0) is 35.1 Å². The molecule has 1 amide bonds. The minimum Gasteiger partial charge on any atom is -0.326 e. The van der Waals surface area contributed by atoms with E-state index in [0.717, 1.165) is 21.7 Å². The molecule has 1 N–H and O–H groups in total. The van der Waals surface area contributed by atoms with Crippen LogP contribution in [0.3, 0.4) is 0 Å². The van der Waals surface area contributed by atoms with E-state index in [9.17, 15) is 4.79 Å². The first-order valence-electron chi connectivity index (χ1n) is 4.07. The van der Waals surface area contributed by atoms with Crippen LogP contribution >= 0.6 is 0 Å². The van der Waals surface area contributed by atoms with Crippen LogP contribution in [0.1, 0.15) is 12.5 Å². The molecule has 0 unspecified atom stereocenters. The lowest BCUT2D eigenvalue weighted by atomic mass is 10.1. The third kappa shape index (κ3) is 2.18. The Hall–Kier alpha value is -1.57. The summed E-state index contributed by atoms with van der Waals surface area (Å²) in [6.45, 7) is 11.1. The molecule has 2 nitrogen and oxygen atoms in total. The van der Waals surface area contributed by atoms with E-state index in [2.05, 4.69) is 18.5 Å². The molecule has 0 bridgehead atoms. The fourth-order valence-corrected chi connectivity index (χ4v) is 1.12. The van der Waals surface area contributed by atoms with Crippen molar-refractivity contribution < 1.29 is 4.79 Å². The molecule has 0 heterocycles. The first-order valence-corrected chi connectivity index (χ1v) is 4.07. The van der Waals surface area contributed by atoms with Crippen LogP contribution < -0.4 is 15.8 Å². The topological polar surface area (TPSA) is 29.1 Å². The van der Waals surface area contributed by atoms with Crippen LogP contribution in [0.2, 0.25) is 0 Å². The standard InChI is InChI=1S/C11H13NO/c1-7-5-9(3)11(6-8(7)2)12-10(4)13/h5-6H,2-3H2,1,4H3,(H,12,13). The maximum absolute atomic E-state index is 10.8. The number of aryl methyl sites for hydroxylation is 1. The van der Waals surface area contributed by atoms with E-state index in [-0.39, 0.29) is 5.91 Å². The SMILES string of the molecule is C=c1cc(NC(C)=O)c(=C)cc1C. The summed E-state index contributed by atoms with van der Waals surface area (Å²) < 4.78 is 0. The van der Waals surface area contributed by atoms with Crippen molar-refractivity contribution >= 4 is 24.8 Å². The van der Waals surface area contributed by atoms with Gasteiger partial charge in [-0.25, -0.2) is 0 Å². The average Bonchev–Trinajstić information content (AvgIpc) is 1.99. The van der Waals surface area contributed by atoms with Crippen molar-refractivity contribution in [1.82, 2.24) is 0 Å². The number of benzene rings is 1. The van der Waals surface area contributed by atoms with Crippen LogP contribution in [0, 0.1) is 6.92 Å². The number of rotatable bonds is 1. The lowest BCUT2D eigenvalue weighted by Gasteiger charge is -2.03. The molecule has 0 radical (unpaired) electrons. The van der Waals surface area contributed by atoms with E-state index in [1.165, 1.54) is 6.92 Å². The molecule has 0 aliphatic heterocycles. The normalized spacial score (nSPS) is 9.69. The lowest BCUT2D eigenvalue weighted by Crippen LogP contribution is -2.19. The Morgan fingerprint density at radius 1 is 1.31 bits per heavy atom. The van der Waals surface area contributed by atoms with Gasteiger partial charge in [0, 0.05) is 12.6 Å². The Morgan fingerprint density at radius 3 is 2.46 bits per heavy atom. The zero-order valence-electron chi connectivity index (χ0n) is 7.98. The van der Waals surface area contributed by atoms with Crippen molar-refractivity contribution in [2.75, 3.05) is 5.32 Å². The molecule has 0 spiro atoms. The van der Waals surface area contributed by atoms with Crippen molar-refractivity contribution in [3.05, 3.63) is 28.1 Å². The molecule has 0 fully saturated rings. The Kier molecular flexibility index (Phi) is 2.52. The summed E-state index contributed by atoms with van der Waals surface area (Å²) in [5.41, 5.74) is 1.82. The number of carbonyl (C=O) groups excluding carboxylic acids is 1. The summed E-state index contributed by atoms with van der Waals surface area (Å²) in [5, 5.41) is 4.43. The highest BCUT2D eigenvalue weighted by Crippen LogP contribution is 1.95. The first-order chi connectivity index (χ1) is 6.00. The van der Waals surface area contributed by atoms with Crippen molar-refractivity contribution in [3.63, 3.8) is 0 Å². The Morgan fingerprint density at radius 2 is 1.92 bits per heavy atom. The molecule has 0 saturated heterocycles. The maximum Gasteiger partial charge on any atom is 0.221 e. The van der Waals surface area contributed by atoms with Crippen LogP contribution in [0.25, 0.3) is 13.2 Å². The Labute approximate surface area is 77.6 Å². The molecule has 0 aromatic heterocycles. The number of carbonyl (C=O) groups is 1. The summed E-state index contributed by atoms with van der Waals surface area (Å²) in [7, 11) is 0. The van der Waals surface area contributed by atoms with Gasteiger partial charge in [0.15, 0.2) is 0 Å². The summed E-state index contributed by atoms with van der Waals surface area (Å²) >= 11 is 0. The van der Waals surface area contributed by atoms with E-state index in [1.54, 1.807) is 0 Å². The van der Waals surface area contributed by atoms with Gasteiger partial charge in [0.1, 0.15) is 0 Å². The molecule has 68 valence electrons. The van der Waals surface area contributed by atoms with E-state index in [1.807, 2.05) is 19.1 Å². The fourth-order valence-electron chi connectivity index (χ4n) is 1.12. The zero-order chi connectivity index (χ0) is 10.0. The molecule has 1 aromatic rings. The van der Waals surface area contributed by atoms with Gasteiger partial charge in [-0.2, -0.15) is 0 Å². The zero-order valence-corrected chi connectivity index (χ0v) is 7.98. The van der Waals surface area contributed by atoms with Crippen LogP contribution in [0.5, 0.6) is 0 Å². The second kappa shape index (κ2) is 3.44. The lowest BCUT2D eigenvalue weighted by molar-refractivity contribution is -0.114. The van der Waals surface area contributed by atoms with Crippen LogP contribution in [-0.4, -0.2) is 5.91 Å². The van der Waals surface area contributed by atoms with Crippen molar-refractivity contribution in [2.24, 2.45) is 0 Å². The van der Waals surface area contributed by atoms with Gasteiger partial charge in [0.25, 0.3) is 0 Å². The van der Waals surface area contributed by atoms with Crippen LogP contribution in [0.4, 0.5) is 5.69 Å². The largest absolute Gasteiger partial charge is 0.326 e. The van der Waals surface area contributed by atoms with Gasteiger partial charge in [0.2, 0.25) is 5.91 Å². The van der Waals surface area contributed by atoms with Gasteiger partial charge in [0.05, 0.1) is 0 Å². The minimum atomic E-state index is -0.0897. The second-order valence-corrected chi connectivity index (χ2v) is 3.12. The summed E-state index contributed by atoms with van der Waals surface area (Å²) in [5.74, 6) is -0.0897. The molecule has 2 heteroatoms. The van der Waals surface area contributed by atoms with Crippen LogP contribution in [-0.2, 0) is 4.79 Å². The highest BCUT2D eigenvalue weighted by molar-refractivity contribution is 5.88. The molecule has 0 atom stereocenters. The number of anilines is 1. The maximum atomic E-state index is 10.8. The monoisotopic (exact) mass is 175 g/mol. The molecular formula is C11H13NO. The van der Waals surface area contributed by atoms with Crippen molar-refractivity contribution in [2.45, 2.75) is 13.8 Å². The third-order valence-corrected chi connectivity index (χ3v) is 1.87. The van der Waals surface area contributed by atoms with Crippen molar-refractivity contribution in [1.29, 1.82) is 0 Å². The number of nitrogens with one attached hydrogen (secondary N) is 1. The Bertz CT molecular complexity index is 434. The van der Waals surface area contributed by atoms with Crippen LogP contribution in [0.15, 0.2) is 12.1 Å².